The number of aliphatic imine (C=N–C) groups is 1. The highest BCUT2D eigenvalue weighted by Crippen LogP contribution is 2.29. The minimum Gasteiger partial charge on any atom is -0.370 e. The smallest absolute Gasteiger partial charge is 0.248 e. The van der Waals surface area contributed by atoms with E-state index in [9.17, 15) is 13.2 Å². The lowest BCUT2D eigenvalue weighted by Crippen LogP contribution is -2.32. The van der Waals surface area contributed by atoms with Crippen molar-refractivity contribution in [1.29, 1.82) is 0 Å². The summed E-state index contributed by atoms with van der Waals surface area (Å²) in [6.07, 6.45) is 0. The number of ether oxygens (including phenoxy) is 1. The fourth-order valence-electron chi connectivity index (χ4n) is 3.14. The number of amides is 1. The first-order chi connectivity index (χ1) is 15.8. The van der Waals surface area contributed by atoms with Crippen molar-refractivity contribution in [3.05, 3.63) is 63.6 Å². The van der Waals surface area contributed by atoms with Crippen LogP contribution in [0.5, 0.6) is 0 Å². The Morgan fingerprint density at radius 1 is 1.21 bits per heavy atom. The molecular formula is C22H26Cl2N4O4S. The van der Waals surface area contributed by atoms with Crippen LogP contribution in [0.2, 0.25) is 10.0 Å². The van der Waals surface area contributed by atoms with Gasteiger partial charge in [0.2, 0.25) is 5.91 Å². The van der Waals surface area contributed by atoms with Crippen molar-refractivity contribution in [3.8, 4) is 0 Å². The molecule has 0 aliphatic carbocycles. The Bertz CT molecular complexity index is 1110. The molecule has 2 aromatic carbocycles. The SMILES string of the molecule is CN(Cc1ccc(C2=NCCN2)cc1)C(=O)COCCNCS(=O)(=O)c1cccc(Cl)c1Cl. The van der Waals surface area contributed by atoms with Crippen molar-refractivity contribution in [3.63, 3.8) is 0 Å². The van der Waals surface area contributed by atoms with E-state index in [1.54, 1.807) is 11.9 Å². The lowest BCUT2D eigenvalue weighted by atomic mass is 10.1. The van der Waals surface area contributed by atoms with Gasteiger partial charge in [0.1, 0.15) is 18.3 Å². The number of nitrogens with one attached hydrogen (secondary N) is 2. The van der Waals surface area contributed by atoms with E-state index in [4.69, 9.17) is 27.9 Å². The van der Waals surface area contributed by atoms with E-state index < -0.39 is 9.84 Å². The molecule has 0 atom stereocenters. The number of carbonyl (C=O) groups is 1. The fraction of sp³-hybridized carbons (Fsp3) is 0.364. The van der Waals surface area contributed by atoms with Crippen LogP contribution in [0.25, 0.3) is 0 Å². The third-order valence-electron chi connectivity index (χ3n) is 4.94. The quantitative estimate of drug-likeness (QED) is 0.448. The summed E-state index contributed by atoms with van der Waals surface area (Å²) in [6.45, 7) is 2.45. The molecule has 2 N–H and O–H groups in total. The molecule has 3 rings (SSSR count). The Balaban J connectivity index is 1.35. The maximum absolute atomic E-state index is 12.4. The van der Waals surface area contributed by atoms with E-state index in [1.165, 1.54) is 18.2 Å². The number of sulfone groups is 1. The molecule has 0 radical (unpaired) electrons. The van der Waals surface area contributed by atoms with Crippen molar-refractivity contribution >= 4 is 44.8 Å². The highest BCUT2D eigenvalue weighted by Gasteiger charge is 2.19. The highest BCUT2D eigenvalue weighted by molar-refractivity contribution is 7.91. The van der Waals surface area contributed by atoms with E-state index in [1.807, 2.05) is 24.3 Å². The van der Waals surface area contributed by atoms with Crippen molar-refractivity contribution in [2.24, 2.45) is 4.99 Å². The Kier molecular flexibility index (Phi) is 9.10. The zero-order valence-electron chi connectivity index (χ0n) is 18.2. The van der Waals surface area contributed by atoms with Crippen LogP contribution in [0.3, 0.4) is 0 Å². The average molecular weight is 513 g/mol. The van der Waals surface area contributed by atoms with Gasteiger partial charge in [-0.3, -0.25) is 9.79 Å². The van der Waals surface area contributed by atoms with Gasteiger partial charge in [0.15, 0.2) is 9.84 Å². The maximum atomic E-state index is 12.4. The van der Waals surface area contributed by atoms with Crippen LogP contribution in [0.1, 0.15) is 11.1 Å². The van der Waals surface area contributed by atoms with Crippen LogP contribution in [-0.4, -0.2) is 70.8 Å². The average Bonchev–Trinajstić information content (AvgIpc) is 3.33. The number of carbonyl (C=O) groups excluding carboxylic acids is 1. The van der Waals surface area contributed by atoms with Gasteiger partial charge in [0.05, 0.1) is 28.1 Å². The van der Waals surface area contributed by atoms with Gasteiger partial charge in [0, 0.05) is 32.2 Å². The van der Waals surface area contributed by atoms with E-state index >= 15 is 0 Å². The second-order valence-corrected chi connectivity index (χ2v) is 10.2. The predicted octanol–water partition coefficient (Wildman–Crippen LogP) is 2.34. The largest absolute Gasteiger partial charge is 0.370 e. The van der Waals surface area contributed by atoms with Gasteiger partial charge >= 0.3 is 0 Å². The van der Waals surface area contributed by atoms with Crippen molar-refractivity contribution in [2.45, 2.75) is 11.4 Å². The molecule has 2 aromatic rings. The van der Waals surface area contributed by atoms with Gasteiger partial charge in [-0.2, -0.15) is 0 Å². The molecule has 0 bridgehead atoms. The molecule has 1 aliphatic rings. The molecule has 1 heterocycles. The van der Waals surface area contributed by atoms with E-state index in [0.29, 0.717) is 6.54 Å². The predicted molar refractivity (Wildman–Crippen MR) is 130 cm³/mol. The fourth-order valence-corrected chi connectivity index (χ4v) is 5.09. The Hall–Kier alpha value is -2.17. The van der Waals surface area contributed by atoms with Crippen molar-refractivity contribution < 1.29 is 17.9 Å². The summed E-state index contributed by atoms with van der Waals surface area (Å²) in [6, 6.07) is 12.4. The molecule has 11 heteroatoms. The van der Waals surface area contributed by atoms with Crippen molar-refractivity contribution in [1.82, 2.24) is 15.5 Å². The minimum atomic E-state index is -3.64. The Morgan fingerprint density at radius 2 is 1.97 bits per heavy atom. The number of benzene rings is 2. The van der Waals surface area contributed by atoms with Crippen LogP contribution in [-0.2, 0) is 25.9 Å². The number of likely N-dealkylation sites (N-methyl/N-ethyl adjacent to an activating group) is 1. The summed E-state index contributed by atoms with van der Waals surface area (Å²) in [5.41, 5.74) is 2.03. The molecule has 178 valence electrons. The summed E-state index contributed by atoms with van der Waals surface area (Å²) in [4.78, 5) is 18.2. The number of hydrogen-bond acceptors (Lipinski definition) is 7. The van der Waals surface area contributed by atoms with Crippen LogP contribution in [0, 0.1) is 0 Å². The van der Waals surface area contributed by atoms with Gasteiger partial charge in [0.25, 0.3) is 0 Å². The lowest BCUT2D eigenvalue weighted by Gasteiger charge is -2.17. The monoisotopic (exact) mass is 512 g/mol. The van der Waals surface area contributed by atoms with E-state index in [2.05, 4.69) is 15.6 Å². The molecule has 0 unspecified atom stereocenters. The molecule has 0 saturated carbocycles. The Morgan fingerprint density at radius 3 is 2.67 bits per heavy atom. The zero-order chi connectivity index (χ0) is 23.8. The summed E-state index contributed by atoms with van der Waals surface area (Å²) < 4.78 is 30.2. The number of nitrogens with zero attached hydrogens (tertiary/aromatic N) is 2. The van der Waals surface area contributed by atoms with E-state index in [-0.39, 0.29) is 46.5 Å². The van der Waals surface area contributed by atoms with Crippen molar-refractivity contribution in [2.75, 3.05) is 45.8 Å². The van der Waals surface area contributed by atoms with Gasteiger partial charge in [-0.1, -0.05) is 53.5 Å². The molecule has 0 aromatic heterocycles. The number of halogens is 2. The number of hydrogen-bond donors (Lipinski definition) is 2. The highest BCUT2D eigenvalue weighted by atomic mass is 35.5. The molecule has 8 nitrogen and oxygen atoms in total. The normalized spacial score (nSPS) is 13.5. The molecule has 1 aliphatic heterocycles. The molecule has 0 spiro atoms. The number of rotatable bonds is 11. The van der Waals surface area contributed by atoms with Crippen LogP contribution in [0.4, 0.5) is 0 Å². The first-order valence-corrected chi connectivity index (χ1v) is 12.8. The first-order valence-electron chi connectivity index (χ1n) is 10.3. The second kappa shape index (κ2) is 11.8. The maximum Gasteiger partial charge on any atom is 0.248 e. The number of amidine groups is 1. The zero-order valence-corrected chi connectivity index (χ0v) is 20.5. The van der Waals surface area contributed by atoms with E-state index in [0.717, 1.165) is 30.1 Å². The lowest BCUT2D eigenvalue weighted by molar-refractivity contribution is -0.135. The van der Waals surface area contributed by atoms with Gasteiger partial charge in [-0.05, 0) is 17.7 Å². The van der Waals surface area contributed by atoms with Gasteiger partial charge in [-0.15, -0.1) is 0 Å². The third-order valence-corrected chi connectivity index (χ3v) is 7.46. The first kappa shape index (κ1) is 25.5. The second-order valence-electron chi connectivity index (χ2n) is 7.47. The summed E-state index contributed by atoms with van der Waals surface area (Å²) in [5.74, 6) is 0.415. The molecule has 0 saturated heterocycles. The summed E-state index contributed by atoms with van der Waals surface area (Å²) in [7, 11) is -1.93. The standard InChI is InChI=1S/C22H26Cl2N4O4S/c1-28(13-16-5-7-17(8-6-16)22-26-9-10-27-22)20(29)14-32-12-11-25-15-33(30,31)19-4-2-3-18(23)21(19)24/h2-8,25H,9-15H2,1H3,(H,26,27). The summed E-state index contributed by atoms with van der Waals surface area (Å²) in [5, 5.41) is 6.20. The van der Waals surface area contributed by atoms with Gasteiger partial charge in [-0.25, -0.2) is 8.42 Å². The van der Waals surface area contributed by atoms with Crippen LogP contribution < -0.4 is 10.6 Å². The topological polar surface area (TPSA) is 100 Å². The molecule has 33 heavy (non-hydrogen) atoms. The third kappa shape index (κ3) is 7.15. The molecular weight excluding hydrogens is 487 g/mol. The van der Waals surface area contributed by atoms with Gasteiger partial charge < -0.3 is 20.3 Å². The molecule has 0 fully saturated rings. The van der Waals surface area contributed by atoms with Crippen LogP contribution >= 0.6 is 23.2 Å². The van der Waals surface area contributed by atoms with Crippen LogP contribution in [0.15, 0.2) is 52.4 Å². The molecule has 1 amide bonds. The minimum absolute atomic E-state index is 0.00412. The summed E-state index contributed by atoms with van der Waals surface area (Å²) >= 11 is 11.9. The Labute approximate surface area is 203 Å².